The molecule has 3 N–H and O–H groups in total. The smallest absolute Gasteiger partial charge is 0.173 e. The Balaban J connectivity index is 3.48. The fourth-order valence-corrected chi connectivity index (χ4v) is 1.16. The first-order chi connectivity index (χ1) is 9.62. The van der Waals surface area contributed by atoms with Crippen LogP contribution in [-0.4, -0.2) is 10.2 Å². The Morgan fingerprint density at radius 1 is 0.900 bits per heavy atom. The molecule has 1 aromatic heterocycles. The summed E-state index contributed by atoms with van der Waals surface area (Å²) in [5.74, 6) is -0.476. The van der Waals surface area contributed by atoms with Crippen molar-refractivity contribution < 1.29 is 0 Å². The fourth-order valence-electron chi connectivity index (χ4n) is 1.16. The van der Waals surface area contributed by atoms with Gasteiger partial charge in [-0.15, -0.1) is 10.2 Å². The van der Waals surface area contributed by atoms with Gasteiger partial charge in [-0.3, -0.25) is 0 Å². The number of allylic oxidation sites excluding steroid dienone is 2. The lowest BCUT2D eigenvalue weighted by Gasteiger charge is -2.06. The van der Waals surface area contributed by atoms with Crippen LogP contribution in [0.2, 0.25) is 0 Å². The zero-order chi connectivity index (χ0) is 15.1. The van der Waals surface area contributed by atoms with Crippen LogP contribution in [0.1, 0.15) is 11.1 Å². The number of aromatic nitrogens is 2. The van der Waals surface area contributed by atoms with Gasteiger partial charge in [-0.2, -0.15) is 26.3 Å². The average Bonchev–Trinajstić information content (AvgIpc) is 2.48. The van der Waals surface area contributed by atoms with Gasteiger partial charge < -0.3 is 11.1 Å². The molecule has 92 valence electrons. The number of hydrogen-bond donors (Lipinski definition) is 2. The molecule has 0 saturated carbocycles. The van der Waals surface area contributed by atoms with E-state index in [4.69, 9.17) is 32.0 Å². The van der Waals surface area contributed by atoms with Crippen LogP contribution in [0.4, 0.5) is 11.6 Å². The van der Waals surface area contributed by atoms with Crippen LogP contribution in [0.15, 0.2) is 11.3 Å². The Labute approximate surface area is 113 Å². The standard InChI is InChI=1S/C11H3N9/c12-1-6(2-13)9(5-16)18-11-8(4-15)7(3-14)10(17)19-20-11/h(H2,17,19)(H,18,20). The molecule has 0 aliphatic heterocycles. The summed E-state index contributed by atoms with van der Waals surface area (Å²) in [6.45, 7) is 0. The van der Waals surface area contributed by atoms with E-state index in [1.807, 2.05) is 0 Å². The molecule has 0 fully saturated rings. The summed E-state index contributed by atoms with van der Waals surface area (Å²) >= 11 is 0. The zero-order valence-electron chi connectivity index (χ0n) is 9.71. The average molecular weight is 261 g/mol. The molecule has 9 nitrogen and oxygen atoms in total. The lowest BCUT2D eigenvalue weighted by Crippen LogP contribution is -2.09. The number of nitrogens with two attached hydrogens (primary N) is 1. The van der Waals surface area contributed by atoms with E-state index in [1.54, 1.807) is 18.2 Å². The minimum Gasteiger partial charge on any atom is -0.381 e. The molecule has 1 rings (SSSR count). The third kappa shape index (κ3) is 2.41. The molecule has 1 aromatic rings. The van der Waals surface area contributed by atoms with Gasteiger partial charge in [0.05, 0.1) is 0 Å². The molecular formula is C11H3N9. The lowest BCUT2D eigenvalue weighted by molar-refractivity contribution is 1.03. The van der Waals surface area contributed by atoms with Crippen LogP contribution in [-0.2, 0) is 0 Å². The Kier molecular flexibility index (Phi) is 4.17. The number of rotatable bonds is 2. The molecule has 0 aliphatic rings. The second-order valence-corrected chi connectivity index (χ2v) is 3.12. The van der Waals surface area contributed by atoms with Crippen molar-refractivity contribution in [3.8, 4) is 30.3 Å². The van der Waals surface area contributed by atoms with Gasteiger partial charge in [0.15, 0.2) is 17.2 Å². The van der Waals surface area contributed by atoms with E-state index < -0.39 is 11.3 Å². The van der Waals surface area contributed by atoms with Crippen LogP contribution in [0.3, 0.4) is 0 Å². The van der Waals surface area contributed by atoms with E-state index in [2.05, 4.69) is 15.5 Å². The van der Waals surface area contributed by atoms with E-state index in [-0.39, 0.29) is 22.8 Å². The quantitative estimate of drug-likeness (QED) is 0.693. The monoisotopic (exact) mass is 261 g/mol. The summed E-state index contributed by atoms with van der Waals surface area (Å²) in [6, 6.07) is 7.99. The maximum Gasteiger partial charge on any atom is 0.173 e. The summed E-state index contributed by atoms with van der Waals surface area (Å²) in [5.41, 5.74) is 4.05. The van der Waals surface area contributed by atoms with E-state index in [0.717, 1.165) is 0 Å². The molecule has 0 unspecified atom stereocenters. The van der Waals surface area contributed by atoms with Gasteiger partial charge in [0.25, 0.3) is 0 Å². The molecule has 1 heterocycles. The van der Waals surface area contributed by atoms with Gasteiger partial charge in [0, 0.05) is 0 Å². The normalized spacial score (nSPS) is 7.95. The first-order valence-corrected chi connectivity index (χ1v) is 4.80. The number of nitrogens with zero attached hydrogens (tertiary/aromatic N) is 7. The molecule has 0 saturated heterocycles. The van der Waals surface area contributed by atoms with Crippen LogP contribution >= 0.6 is 0 Å². The predicted molar refractivity (Wildman–Crippen MR) is 63.4 cm³/mol. The summed E-state index contributed by atoms with van der Waals surface area (Å²) in [5, 5.41) is 53.4. The highest BCUT2D eigenvalue weighted by Gasteiger charge is 2.17. The van der Waals surface area contributed by atoms with Crippen LogP contribution in [0.5, 0.6) is 0 Å². The van der Waals surface area contributed by atoms with Crippen LogP contribution in [0, 0.1) is 56.7 Å². The maximum absolute atomic E-state index is 9.00. The van der Waals surface area contributed by atoms with E-state index in [1.165, 1.54) is 12.1 Å². The molecule has 0 atom stereocenters. The number of nitrogens with one attached hydrogen (secondary N) is 1. The van der Waals surface area contributed by atoms with Gasteiger partial charge in [-0.25, -0.2) is 0 Å². The van der Waals surface area contributed by atoms with Gasteiger partial charge in [0.1, 0.15) is 47.2 Å². The van der Waals surface area contributed by atoms with Crippen LogP contribution in [0.25, 0.3) is 0 Å². The second-order valence-electron chi connectivity index (χ2n) is 3.12. The number of anilines is 2. The SMILES string of the molecule is N#CC(C#N)=C(C#N)Nc1nnc(N)c(C#N)c1C#N. The Hall–Kier alpha value is -4.13. The highest BCUT2D eigenvalue weighted by Crippen LogP contribution is 2.20. The molecule has 0 aliphatic carbocycles. The molecule has 0 amide bonds. The molecule has 0 aromatic carbocycles. The molecule has 20 heavy (non-hydrogen) atoms. The Bertz CT molecular complexity index is 783. The topological polar surface area (TPSA) is 183 Å². The molecule has 9 heteroatoms. The summed E-state index contributed by atoms with van der Waals surface area (Å²) < 4.78 is 0. The van der Waals surface area contributed by atoms with Crippen LogP contribution < -0.4 is 11.1 Å². The van der Waals surface area contributed by atoms with Gasteiger partial charge in [0.2, 0.25) is 0 Å². The Morgan fingerprint density at radius 2 is 1.50 bits per heavy atom. The molecular weight excluding hydrogens is 258 g/mol. The summed E-state index contributed by atoms with van der Waals surface area (Å²) in [6.07, 6.45) is 0. The van der Waals surface area contributed by atoms with Crippen molar-refractivity contribution in [1.82, 2.24) is 10.2 Å². The van der Waals surface area contributed by atoms with Crippen molar-refractivity contribution in [1.29, 1.82) is 26.3 Å². The van der Waals surface area contributed by atoms with Crippen molar-refractivity contribution in [3.05, 3.63) is 22.4 Å². The van der Waals surface area contributed by atoms with Crippen molar-refractivity contribution in [2.75, 3.05) is 11.1 Å². The fraction of sp³-hybridized carbons (Fsp3) is 0. The van der Waals surface area contributed by atoms with E-state index in [0.29, 0.717) is 0 Å². The van der Waals surface area contributed by atoms with Gasteiger partial charge in [-0.05, 0) is 0 Å². The lowest BCUT2D eigenvalue weighted by atomic mass is 10.1. The first kappa shape index (κ1) is 13.9. The molecule has 0 radical (unpaired) electrons. The van der Waals surface area contributed by atoms with Gasteiger partial charge in [-0.1, -0.05) is 0 Å². The third-order valence-electron chi connectivity index (χ3n) is 2.05. The first-order valence-electron chi connectivity index (χ1n) is 4.80. The maximum atomic E-state index is 9.00. The number of nitriles is 5. The number of nitrogen functional groups attached to an aromatic ring is 1. The van der Waals surface area contributed by atoms with Crippen molar-refractivity contribution in [2.24, 2.45) is 0 Å². The Morgan fingerprint density at radius 3 is 1.95 bits per heavy atom. The van der Waals surface area contributed by atoms with Crippen molar-refractivity contribution in [3.63, 3.8) is 0 Å². The highest BCUT2D eigenvalue weighted by atomic mass is 15.2. The number of hydrogen-bond acceptors (Lipinski definition) is 9. The minimum absolute atomic E-state index is 0.210. The van der Waals surface area contributed by atoms with Gasteiger partial charge >= 0.3 is 0 Å². The summed E-state index contributed by atoms with van der Waals surface area (Å²) in [4.78, 5) is 0. The molecule has 0 spiro atoms. The van der Waals surface area contributed by atoms with Crippen molar-refractivity contribution in [2.45, 2.75) is 0 Å². The van der Waals surface area contributed by atoms with E-state index in [9.17, 15) is 0 Å². The largest absolute Gasteiger partial charge is 0.381 e. The second kappa shape index (κ2) is 5.98. The third-order valence-corrected chi connectivity index (χ3v) is 2.05. The predicted octanol–water partition coefficient (Wildman–Crippen LogP) is 0.0389. The summed E-state index contributed by atoms with van der Waals surface area (Å²) in [7, 11) is 0. The van der Waals surface area contributed by atoms with E-state index >= 15 is 0 Å². The molecule has 0 bridgehead atoms. The minimum atomic E-state index is -0.492. The zero-order valence-corrected chi connectivity index (χ0v) is 9.71. The highest BCUT2D eigenvalue weighted by molar-refractivity contribution is 5.68. The van der Waals surface area contributed by atoms with Crippen molar-refractivity contribution >= 4 is 11.6 Å².